The van der Waals surface area contributed by atoms with Gasteiger partial charge in [0, 0.05) is 28.3 Å². The summed E-state index contributed by atoms with van der Waals surface area (Å²) >= 11 is 0. The number of rotatable bonds is 7. The maximum absolute atomic E-state index is 12.1. The van der Waals surface area contributed by atoms with Crippen molar-refractivity contribution in [1.29, 1.82) is 0 Å². The number of aliphatic hydroxyl groups is 1. The van der Waals surface area contributed by atoms with Gasteiger partial charge < -0.3 is 24.4 Å². The molecule has 3 rings (SSSR count). The minimum atomic E-state index is -1.88. The Morgan fingerprint density at radius 1 is 0.793 bits per heavy atom. The van der Waals surface area contributed by atoms with Gasteiger partial charge >= 0.3 is 0 Å². The molecule has 2 N–H and O–H groups in total. The molecule has 0 bridgehead atoms. The molecule has 0 amide bonds. The predicted molar refractivity (Wildman–Crippen MR) is 108 cm³/mol. The van der Waals surface area contributed by atoms with Crippen LogP contribution in [0.3, 0.4) is 0 Å². The SMILES string of the molecule is COc1ccc(C(O)(c2ccc(OC)cc2C=O)c2ccccc2OC)c(O)c1. The predicted octanol–water partition coefficient (Wildman–Crippen LogP) is 3.51. The fraction of sp³-hybridized carbons (Fsp3) is 0.174. The Kier molecular flexibility index (Phi) is 5.75. The van der Waals surface area contributed by atoms with Crippen LogP contribution >= 0.6 is 0 Å². The summed E-state index contributed by atoms with van der Waals surface area (Å²) in [5.41, 5.74) is -0.843. The van der Waals surface area contributed by atoms with Crippen LogP contribution in [-0.2, 0) is 5.60 Å². The van der Waals surface area contributed by atoms with Crippen molar-refractivity contribution in [2.45, 2.75) is 5.60 Å². The maximum Gasteiger partial charge on any atom is 0.150 e. The average molecular weight is 394 g/mol. The third-order valence-electron chi connectivity index (χ3n) is 4.87. The van der Waals surface area contributed by atoms with Gasteiger partial charge in [0.05, 0.1) is 21.3 Å². The molecule has 0 spiro atoms. The maximum atomic E-state index is 12.1. The highest BCUT2D eigenvalue weighted by atomic mass is 16.5. The van der Waals surface area contributed by atoms with Crippen LogP contribution in [-0.4, -0.2) is 37.8 Å². The molecular weight excluding hydrogens is 372 g/mol. The lowest BCUT2D eigenvalue weighted by molar-refractivity contribution is 0.107. The Labute approximate surface area is 168 Å². The quantitative estimate of drug-likeness (QED) is 0.471. The lowest BCUT2D eigenvalue weighted by atomic mass is 9.77. The van der Waals surface area contributed by atoms with Crippen molar-refractivity contribution in [3.8, 4) is 23.0 Å². The van der Waals surface area contributed by atoms with Crippen molar-refractivity contribution in [2.75, 3.05) is 21.3 Å². The number of phenols is 1. The van der Waals surface area contributed by atoms with E-state index in [2.05, 4.69) is 0 Å². The first-order valence-corrected chi connectivity index (χ1v) is 8.86. The number of hydrogen-bond donors (Lipinski definition) is 2. The van der Waals surface area contributed by atoms with Crippen LogP contribution < -0.4 is 14.2 Å². The van der Waals surface area contributed by atoms with Crippen LogP contribution in [0.1, 0.15) is 27.0 Å². The van der Waals surface area contributed by atoms with Gasteiger partial charge in [-0.1, -0.05) is 24.3 Å². The summed E-state index contributed by atoms with van der Waals surface area (Å²) in [6.45, 7) is 0. The Hall–Kier alpha value is -3.51. The van der Waals surface area contributed by atoms with Crippen molar-refractivity contribution in [1.82, 2.24) is 0 Å². The van der Waals surface area contributed by atoms with Crippen LogP contribution in [0.5, 0.6) is 23.0 Å². The van der Waals surface area contributed by atoms with Crippen molar-refractivity contribution in [3.63, 3.8) is 0 Å². The van der Waals surface area contributed by atoms with Gasteiger partial charge in [0.1, 0.15) is 28.6 Å². The van der Waals surface area contributed by atoms with Gasteiger partial charge in [0.15, 0.2) is 6.29 Å². The van der Waals surface area contributed by atoms with Gasteiger partial charge in [-0.05, 0) is 30.3 Å². The second kappa shape index (κ2) is 8.24. The van der Waals surface area contributed by atoms with Crippen molar-refractivity contribution in [3.05, 3.63) is 82.9 Å². The molecule has 0 saturated heterocycles. The summed E-state index contributed by atoms with van der Waals surface area (Å²) in [6.07, 6.45) is 0.638. The van der Waals surface area contributed by atoms with Crippen LogP contribution in [0.25, 0.3) is 0 Å². The Bertz CT molecular complexity index is 1030. The molecule has 3 aromatic carbocycles. The van der Waals surface area contributed by atoms with E-state index in [1.165, 1.54) is 33.5 Å². The van der Waals surface area contributed by atoms with E-state index >= 15 is 0 Å². The lowest BCUT2D eigenvalue weighted by Crippen LogP contribution is -2.31. The monoisotopic (exact) mass is 394 g/mol. The van der Waals surface area contributed by atoms with Crippen LogP contribution in [0.2, 0.25) is 0 Å². The van der Waals surface area contributed by atoms with Gasteiger partial charge in [-0.15, -0.1) is 0 Å². The summed E-state index contributed by atoms with van der Waals surface area (Å²) in [6, 6.07) is 16.2. The number of benzene rings is 3. The summed E-state index contributed by atoms with van der Waals surface area (Å²) in [5, 5.41) is 22.8. The molecule has 0 aliphatic carbocycles. The van der Waals surface area contributed by atoms with Crippen molar-refractivity contribution in [2.24, 2.45) is 0 Å². The van der Waals surface area contributed by atoms with Gasteiger partial charge in [-0.25, -0.2) is 0 Å². The third-order valence-corrected chi connectivity index (χ3v) is 4.87. The number of hydrogen-bond acceptors (Lipinski definition) is 6. The van der Waals surface area contributed by atoms with E-state index in [0.717, 1.165) is 0 Å². The smallest absolute Gasteiger partial charge is 0.150 e. The van der Waals surface area contributed by atoms with E-state index in [-0.39, 0.29) is 22.4 Å². The minimum absolute atomic E-state index is 0.177. The highest BCUT2D eigenvalue weighted by Crippen LogP contribution is 2.46. The van der Waals surface area contributed by atoms with Crippen LogP contribution in [0.4, 0.5) is 0 Å². The molecule has 0 aliphatic rings. The van der Waals surface area contributed by atoms with Gasteiger partial charge in [0.2, 0.25) is 0 Å². The summed E-state index contributed by atoms with van der Waals surface area (Å²) in [4.78, 5) is 11.9. The van der Waals surface area contributed by atoms with Crippen LogP contribution in [0.15, 0.2) is 60.7 Å². The number of phenolic OH excluding ortho intramolecular Hbond substituents is 1. The van der Waals surface area contributed by atoms with E-state index in [4.69, 9.17) is 14.2 Å². The molecule has 1 unspecified atom stereocenters. The largest absolute Gasteiger partial charge is 0.507 e. The van der Waals surface area contributed by atoms with Crippen LogP contribution in [0, 0.1) is 0 Å². The highest BCUT2D eigenvalue weighted by molar-refractivity contribution is 5.80. The molecule has 0 heterocycles. The van der Waals surface area contributed by atoms with E-state index < -0.39 is 5.60 Å². The standard InChI is InChI=1S/C23H22O6/c1-27-16-8-10-18(15(12-16)14-24)23(26,20-6-4-5-7-22(20)29-3)19-11-9-17(28-2)13-21(19)25/h4-14,25-26H,1-3H3. The average Bonchev–Trinajstić information content (AvgIpc) is 2.77. The fourth-order valence-corrected chi connectivity index (χ4v) is 3.42. The first-order chi connectivity index (χ1) is 14.0. The molecule has 0 radical (unpaired) electrons. The third kappa shape index (κ3) is 3.50. The second-order valence-electron chi connectivity index (χ2n) is 6.36. The van der Waals surface area contributed by atoms with Gasteiger partial charge in [-0.2, -0.15) is 0 Å². The van der Waals surface area contributed by atoms with E-state index in [1.54, 1.807) is 48.5 Å². The number of carbonyl (C=O) groups excluding carboxylic acids is 1. The topological polar surface area (TPSA) is 85.2 Å². The Morgan fingerprint density at radius 2 is 1.41 bits per heavy atom. The number of aldehydes is 1. The fourth-order valence-electron chi connectivity index (χ4n) is 3.42. The van der Waals surface area contributed by atoms with Gasteiger partial charge in [0.25, 0.3) is 0 Å². The Morgan fingerprint density at radius 3 is 2.00 bits per heavy atom. The molecule has 3 aromatic rings. The Balaban J connectivity index is 2.39. The number of carbonyl (C=O) groups is 1. The molecule has 0 aromatic heterocycles. The first-order valence-electron chi connectivity index (χ1n) is 8.86. The van der Waals surface area contributed by atoms with E-state index in [0.29, 0.717) is 29.1 Å². The number of methoxy groups -OCH3 is 3. The zero-order valence-corrected chi connectivity index (χ0v) is 16.4. The molecule has 1 atom stereocenters. The molecule has 6 heteroatoms. The zero-order valence-electron chi connectivity index (χ0n) is 16.4. The normalized spacial score (nSPS) is 12.7. The lowest BCUT2D eigenvalue weighted by Gasteiger charge is -2.33. The number of aromatic hydroxyl groups is 1. The molecule has 0 saturated carbocycles. The summed E-state index contributed by atoms with van der Waals surface area (Å²) < 4.78 is 15.8. The molecule has 29 heavy (non-hydrogen) atoms. The summed E-state index contributed by atoms with van der Waals surface area (Å²) in [5.74, 6) is 1.11. The molecule has 150 valence electrons. The zero-order chi connectivity index (χ0) is 21.0. The number of para-hydroxylation sites is 1. The highest BCUT2D eigenvalue weighted by Gasteiger charge is 2.40. The minimum Gasteiger partial charge on any atom is -0.507 e. The molecular formula is C23H22O6. The molecule has 0 fully saturated rings. The molecule has 0 aliphatic heterocycles. The van der Waals surface area contributed by atoms with Gasteiger partial charge in [-0.3, -0.25) is 4.79 Å². The van der Waals surface area contributed by atoms with E-state index in [9.17, 15) is 15.0 Å². The van der Waals surface area contributed by atoms with Crippen molar-refractivity contribution < 1.29 is 29.2 Å². The molecule has 6 nitrogen and oxygen atoms in total. The first kappa shape index (κ1) is 20.2. The second-order valence-corrected chi connectivity index (χ2v) is 6.36. The van der Waals surface area contributed by atoms with E-state index in [1.807, 2.05) is 0 Å². The number of ether oxygens (including phenoxy) is 3. The summed E-state index contributed by atoms with van der Waals surface area (Å²) in [7, 11) is 4.46. The van der Waals surface area contributed by atoms with Crippen molar-refractivity contribution >= 4 is 6.29 Å².